The second-order valence-electron chi connectivity index (χ2n) is 4.18. The molecule has 2 rings (SSSR count). The van der Waals surface area contributed by atoms with Gasteiger partial charge in [0.2, 0.25) is 0 Å². The summed E-state index contributed by atoms with van der Waals surface area (Å²) in [5.41, 5.74) is 0. The maximum absolute atomic E-state index is 9.78. The number of aryl methyl sites for hydroxylation is 1. The van der Waals surface area contributed by atoms with E-state index in [0.717, 1.165) is 24.4 Å². The summed E-state index contributed by atoms with van der Waals surface area (Å²) in [4.78, 5) is 5.47. The molecule has 2 atom stereocenters. The molecule has 1 heterocycles. The van der Waals surface area contributed by atoms with Crippen LogP contribution in [0.3, 0.4) is 0 Å². The summed E-state index contributed by atoms with van der Waals surface area (Å²) < 4.78 is 0. The van der Waals surface area contributed by atoms with Gasteiger partial charge < -0.3 is 10.4 Å². The Morgan fingerprint density at radius 2 is 2.33 bits per heavy atom. The summed E-state index contributed by atoms with van der Waals surface area (Å²) >= 11 is 1.72. The van der Waals surface area contributed by atoms with Crippen molar-refractivity contribution in [3.8, 4) is 0 Å². The molecule has 15 heavy (non-hydrogen) atoms. The second kappa shape index (κ2) is 5.05. The zero-order valence-electron chi connectivity index (χ0n) is 9.07. The van der Waals surface area contributed by atoms with E-state index in [2.05, 4.69) is 10.3 Å². The number of aliphatic hydroxyl groups is 1. The van der Waals surface area contributed by atoms with Gasteiger partial charge in [0, 0.05) is 23.7 Å². The third kappa shape index (κ3) is 3.00. The summed E-state index contributed by atoms with van der Waals surface area (Å²) in [5.74, 6) is 0. The average Bonchev–Trinajstić information content (AvgIpc) is 2.63. The molecule has 1 aromatic heterocycles. The fraction of sp³-hybridized carbons (Fsp3) is 0.727. The molecule has 0 saturated heterocycles. The van der Waals surface area contributed by atoms with Gasteiger partial charge >= 0.3 is 0 Å². The van der Waals surface area contributed by atoms with Crippen molar-refractivity contribution in [3.05, 3.63) is 16.1 Å². The van der Waals surface area contributed by atoms with Crippen molar-refractivity contribution < 1.29 is 5.11 Å². The molecule has 1 fully saturated rings. The van der Waals surface area contributed by atoms with Gasteiger partial charge in [0.15, 0.2) is 0 Å². The molecule has 1 aliphatic rings. The molecule has 0 unspecified atom stereocenters. The first kappa shape index (κ1) is 11.0. The van der Waals surface area contributed by atoms with Crippen LogP contribution in [0.1, 0.15) is 35.6 Å². The summed E-state index contributed by atoms with van der Waals surface area (Å²) in [6, 6.07) is 0.279. The predicted octanol–water partition coefficient (Wildman–Crippen LogP) is 1.84. The third-order valence-corrected chi connectivity index (χ3v) is 3.85. The van der Waals surface area contributed by atoms with Crippen molar-refractivity contribution in [2.45, 2.75) is 51.3 Å². The molecule has 4 heteroatoms. The molecule has 1 saturated carbocycles. The lowest BCUT2D eigenvalue weighted by atomic mass is 9.93. The number of nitrogens with zero attached hydrogens (tertiary/aromatic N) is 1. The number of aliphatic hydroxyl groups excluding tert-OH is 1. The first-order chi connectivity index (χ1) is 7.25. The van der Waals surface area contributed by atoms with Gasteiger partial charge in [0.25, 0.3) is 0 Å². The zero-order chi connectivity index (χ0) is 10.7. The van der Waals surface area contributed by atoms with Gasteiger partial charge in [-0.25, -0.2) is 4.98 Å². The van der Waals surface area contributed by atoms with Crippen molar-refractivity contribution in [2.24, 2.45) is 0 Å². The van der Waals surface area contributed by atoms with Crippen LogP contribution in [0, 0.1) is 6.92 Å². The minimum absolute atomic E-state index is 0.159. The molecule has 3 nitrogen and oxygen atoms in total. The highest BCUT2D eigenvalue weighted by molar-refractivity contribution is 7.11. The van der Waals surface area contributed by atoms with E-state index in [9.17, 15) is 5.11 Å². The third-order valence-electron chi connectivity index (χ3n) is 2.94. The molecule has 1 aliphatic carbocycles. The van der Waals surface area contributed by atoms with Crippen LogP contribution in [0.15, 0.2) is 6.20 Å². The number of thiazole rings is 1. The average molecular weight is 226 g/mol. The van der Waals surface area contributed by atoms with Crippen LogP contribution in [0.5, 0.6) is 0 Å². The van der Waals surface area contributed by atoms with Crippen LogP contribution in [-0.2, 0) is 6.54 Å². The quantitative estimate of drug-likeness (QED) is 0.826. The van der Waals surface area contributed by atoms with Crippen LogP contribution in [0.4, 0.5) is 0 Å². The summed E-state index contributed by atoms with van der Waals surface area (Å²) in [6.07, 6.45) is 6.20. The van der Waals surface area contributed by atoms with Gasteiger partial charge in [0.1, 0.15) is 0 Å². The Morgan fingerprint density at radius 3 is 3.00 bits per heavy atom. The van der Waals surface area contributed by atoms with Crippen LogP contribution in [0.25, 0.3) is 0 Å². The highest BCUT2D eigenvalue weighted by atomic mass is 32.1. The number of rotatable bonds is 3. The van der Waals surface area contributed by atoms with Gasteiger partial charge in [-0.15, -0.1) is 11.3 Å². The Morgan fingerprint density at radius 1 is 1.53 bits per heavy atom. The normalized spacial score (nSPS) is 26.8. The van der Waals surface area contributed by atoms with E-state index in [1.54, 1.807) is 11.3 Å². The summed E-state index contributed by atoms with van der Waals surface area (Å²) in [6.45, 7) is 2.86. The Balaban J connectivity index is 1.81. The maximum Gasteiger partial charge on any atom is 0.0897 e. The van der Waals surface area contributed by atoms with Crippen LogP contribution in [-0.4, -0.2) is 22.2 Å². The van der Waals surface area contributed by atoms with Crippen molar-refractivity contribution >= 4 is 11.3 Å². The lowest BCUT2D eigenvalue weighted by molar-refractivity contribution is 0.0904. The minimum atomic E-state index is -0.159. The monoisotopic (exact) mass is 226 g/mol. The minimum Gasteiger partial charge on any atom is -0.392 e. The highest BCUT2D eigenvalue weighted by Crippen LogP contribution is 2.19. The van der Waals surface area contributed by atoms with Crippen molar-refractivity contribution in [1.82, 2.24) is 10.3 Å². The first-order valence-electron chi connectivity index (χ1n) is 5.58. The lowest BCUT2D eigenvalue weighted by Gasteiger charge is -2.28. The summed E-state index contributed by atoms with van der Waals surface area (Å²) in [7, 11) is 0. The molecule has 1 aromatic rings. The van der Waals surface area contributed by atoms with Gasteiger partial charge in [-0.1, -0.05) is 12.8 Å². The van der Waals surface area contributed by atoms with Crippen molar-refractivity contribution in [3.63, 3.8) is 0 Å². The first-order valence-corrected chi connectivity index (χ1v) is 6.40. The standard InChI is InChI=1S/C11H18N2OS/c1-8-12-6-9(15-8)7-13-10-4-2-3-5-11(10)14/h6,10-11,13-14H,2-5,7H2,1H3/t10-,11-/m1/s1. The number of aromatic nitrogens is 1. The number of nitrogens with one attached hydrogen (secondary N) is 1. The topological polar surface area (TPSA) is 45.2 Å². The van der Waals surface area contributed by atoms with Gasteiger partial charge in [-0.2, -0.15) is 0 Å². The molecule has 0 aromatic carbocycles. The fourth-order valence-electron chi connectivity index (χ4n) is 2.07. The van der Waals surface area contributed by atoms with E-state index in [1.807, 2.05) is 13.1 Å². The Bertz CT molecular complexity index is 313. The van der Waals surface area contributed by atoms with E-state index in [4.69, 9.17) is 0 Å². The molecule has 0 aliphatic heterocycles. The molecular weight excluding hydrogens is 208 g/mol. The Labute approximate surface area is 94.5 Å². The Hall–Kier alpha value is -0.450. The SMILES string of the molecule is Cc1ncc(CN[C@@H]2CCCC[C@H]2O)s1. The molecular formula is C11H18N2OS. The smallest absolute Gasteiger partial charge is 0.0897 e. The molecule has 0 radical (unpaired) electrons. The zero-order valence-corrected chi connectivity index (χ0v) is 9.89. The van der Waals surface area contributed by atoms with E-state index < -0.39 is 0 Å². The van der Waals surface area contributed by atoms with E-state index in [-0.39, 0.29) is 12.1 Å². The van der Waals surface area contributed by atoms with E-state index in [1.165, 1.54) is 17.7 Å². The largest absolute Gasteiger partial charge is 0.392 e. The summed E-state index contributed by atoms with van der Waals surface area (Å²) in [5, 5.41) is 14.3. The Kier molecular flexibility index (Phi) is 3.72. The fourth-order valence-corrected chi connectivity index (χ4v) is 2.81. The van der Waals surface area contributed by atoms with Crippen molar-refractivity contribution in [2.75, 3.05) is 0 Å². The molecule has 84 valence electrons. The van der Waals surface area contributed by atoms with E-state index in [0.29, 0.717) is 0 Å². The maximum atomic E-state index is 9.78. The second-order valence-corrected chi connectivity index (χ2v) is 5.50. The van der Waals surface area contributed by atoms with E-state index >= 15 is 0 Å². The van der Waals surface area contributed by atoms with Gasteiger partial charge in [-0.3, -0.25) is 0 Å². The van der Waals surface area contributed by atoms with Crippen LogP contribution >= 0.6 is 11.3 Å². The van der Waals surface area contributed by atoms with Crippen LogP contribution in [0.2, 0.25) is 0 Å². The molecule has 0 amide bonds. The highest BCUT2D eigenvalue weighted by Gasteiger charge is 2.22. The van der Waals surface area contributed by atoms with Gasteiger partial charge in [-0.05, 0) is 19.8 Å². The molecule has 0 bridgehead atoms. The number of hydrogen-bond donors (Lipinski definition) is 2. The molecule has 2 N–H and O–H groups in total. The van der Waals surface area contributed by atoms with Crippen molar-refractivity contribution in [1.29, 1.82) is 0 Å². The molecule has 0 spiro atoms. The lowest BCUT2D eigenvalue weighted by Crippen LogP contribution is -2.41. The predicted molar refractivity (Wildman–Crippen MR) is 62.0 cm³/mol. The van der Waals surface area contributed by atoms with Crippen LogP contribution < -0.4 is 5.32 Å². The number of hydrogen-bond acceptors (Lipinski definition) is 4. The van der Waals surface area contributed by atoms with Gasteiger partial charge in [0.05, 0.1) is 11.1 Å².